The van der Waals surface area contributed by atoms with Crippen LogP contribution in [0, 0.1) is 0 Å². The number of benzene rings is 2. The quantitative estimate of drug-likeness (QED) is 0.354. The fourth-order valence-electron chi connectivity index (χ4n) is 3.85. The smallest absolute Gasteiger partial charge is 0.259 e. The average Bonchev–Trinajstić information content (AvgIpc) is 3.18. The zero-order valence-electron chi connectivity index (χ0n) is 18.1. The van der Waals surface area contributed by atoms with Gasteiger partial charge in [-0.1, -0.05) is 34.1 Å². The second-order valence-electron chi connectivity index (χ2n) is 7.43. The first kappa shape index (κ1) is 22.6. The van der Waals surface area contributed by atoms with Gasteiger partial charge in [-0.25, -0.2) is 4.99 Å². The first-order valence-corrected chi connectivity index (χ1v) is 12.3. The van der Waals surface area contributed by atoms with Gasteiger partial charge in [-0.2, -0.15) is 0 Å². The molecule has 1 aliphatic rings. The van der Waals surface area contributed by atoms with E-state index in [0.29, 0.717) is 23.7 Å². The summed E-state index contributed by atoms with van der Waals surface area (Å²) in [6.45, 7) is 2.44. The maximum absolute atomic E-state index is 13.3. The van der Waals surface area contributed by atoms with E-state index in [0.717, 1.165) is 52.0 Å². The van der Waals surface area contributed by atoms with Gasteiger partial charge in [0.15, 0.2) is 11.5 Å². The van der Waals surface area contributed by atoms with Crippen LogP contribution < -0.4 is 14.8 Å². The van der Waals surface area contributed by atoms with Crippen molar-refractivity contribution in [1.29, 1.82) is 0 Å². The molecule has 0 saturated carbocycles. The molecule has 2 aromatic carbocycles. The van der Waals surface area contributed by atoms with Crippen molar-refractivity contribution >= 4 is 50.1 Å². The second-order valence-corrected chi connectivity index (χ2v) is 9.43. The summed E-state index contributed by atoms with van der Waals surface area (Å²) in [5, 5.41) is 3.76. The standard InChI is InChI=1S/C25H25BrN2O3S/c1-3-31-23-16(13-17(26)14-20(23)30-2)15-27-25-22(19-11-7-8-12-21(19)32-25)24(29)28-18-9-5-4-6-10-18/h4-6,9-10,13-15H,3,7-8,11-12H2,1-2H3,(H,28,29). The number of hydrogen-bond donors (Lipinski definition) is 1. The van der Waals surface area contributed by atoms with Crippen molar-refractivity contribution in [1.82, 2.24) is 0 Å². The summed E-state index contributed by atoms with van der Waals surface area (Å²) in [6.07, 6.45) is 5.91. The van der Waals surface area contributed by atoms with E-state index in [2.05, 4.69) is 21.2 Å². The van der Waals surface area contributed by atoms with Gasteiger partial charge >= 0.3 is 0 Å². The third kappa shape index (κ3) is 4.89. The number of amides is 1. The average molecular weight is 513 g/mol. The Kier molecular flexibility index (Phi) is 7.27. The predicted octanol–water partition coefficient (Wildman–Crippen LogP) is 6.80. The lowest BCUT2D eigenvalue weighted by Gasteiger charge is -2.13. The Labute approximate surface area is 200 Å². The Hall–Kier alpha value is -2.64. The SMILES string of the molecule is CCOc1c(C=Nc2sc3c(c2C(=O)Nc2ccccc2)CCCC3)cc(Br)cc1OC. The maximum atomic E-state index is 13.3. The number of nitrogens with one attached hydrogen (secondary N) is 1. The van der Waals surface area contributed by atoms with Crippen molar-refractivity contribution in [3.63, 3.8) is 0 Å². The molecule has 0 radical (unpaired) electrons. The Bertz CT molecular complexity index is 1140. The van der Waals surface area contributed by atoms with Gasteiger partial charge in [-0.3, -0.25) is 4.79 Å². The van der Waals surface area contributed by atoms with E-state index in [-0.39, 0.29) is 5.91 Å². The third-order valence-corrected chi connectivity index (χ3v) is 6.95. The number of para-hydroxylation sites is 1. The number of halogens is 1. The molecule has 4 rings (SSSR count). The number of nitrogens with zero attached hydrogens (tertiary/aromatic N) is 1. The molecule has 1 heterocycles. The Morgan fingerprint density at radius 1 is 1.22 bits per heavy atom. The number of carbonyl (C=O) groups is 1. The van der Waals surface area contributed by atoms with Gasteiger partial charge in [-0.05, 0) is 62.4 Å². The number of fused-ring (bicyclic) bond motifs is 1. The molecule has 0 spiro atoms. The monoisotopic (exact) mass is 512 g/mol. The van der Waals surface area contributed by atoms with Gasteiger partial charge in [0.1, 0.15) is 5.00 Å². The predicted molar refractivity (Wildman–Crippen MR) is 134 cm³/mol. The van der Waals surface area contributed by atoms with E-state index in [1.165, 1.54) is 4.88 Å². The number of carbonyl (C=O) groups excluding carboxylic acids is 1. The molecule has 0 fully saturated rings. The van der Waals surface area contributed by atoms with Crippen LogP contribution in [0.3, 0.4) is 0 Å². The molecular weight excluding hydrogens is 488 g/mol. The molecule has 32 heavy (non-hydrogen) atoms. The summed E-state index contributed by atoms with van der Waals surface area (Å²) in [5.41, 5.74) is 3.39. The summed E-state index contributed by atoms with van der Waals surface area (Å²) in [4.78, 5) is 19.3. The van der Waals surface area contributed by atoms with E-state index in [4.69, 9.17) is 14.5 Å². The Morgan fingerprint density at radius 3 is 2.75 bits per heavy atom. The van der Waals surface area contributed by atoms with E-state index < -0.39 is 0 Å². The molecule has 0 unspecified atom stereocenters. The Morgan fingerprint density at radius 2 is 2.00 bits per heavy atom. The summed E-state index contributed by atoms with van der Waals surface area (Å²) in [6, 6.07) is 13.3. The molecule has 3 aromatic rings. The van der Waals surface area contributed by atoms with Crippen molar-refractivity contribution in [3.8, 4) is 11.5 Å². The molecule has 0 saturated heterocycles. The molecule has 0 bridgehead atoms. The highest BCUT2D eigenvalue weighted by molar-refractivity contribution is 9.10. The minimum atomic E-state index is -0.111. The number of methoxy groups -OCH3 is 1. The number of thiophene rings is 1. The molecule has 166 valence electrons. The molecule has 1 aliphatic carbocycles. The normalized spacial score (nSPS) is 13.1. The molecule has 0 atom stereocenters. The van der Waals surface area contributed by atoms with Gasteiger partial charge in [-0.15, -0.1) is 11.3 Å². The number of rotatable bonds is 7. The van der Waals surface area contributed by atoms with Crippen molar-refractivity contribution in [3.05, 3.63) is 68.5 Å². The minimum Gasteiger partial charge on any atom is -0.493 e. The molecule has 1 N–H and O–H groups in total. The molecular formula is C25H25BrN2O3S. The van der Waals surface area contributed by atoms with Crippen LogP contribution in [-0.4, -0.2) is 25.8 Å². The highest BCUT2D eigenvalue weighted by Gasteiger charge is 2.25. The van der Waals surface area contributed by atoms with Crippen LogP contribution in [0.1, 0.15) is 46.1 Å². The number of hydrogen-bond acceptors (Lipinski definition) is 5. The molecule has 1 aromatic heterocycles. The zero-order valence-corrected chi connectivity index (χ0v) is 20.5. The third-order valence-electron chi connectivity index (χ3n) is 5.29. The van der Waals surface area contributed by atoms with Crippen LogP contribution in [0.5, 0.6) is 11.5 Å². The van der Waals surface area contributed by atoms with Gasteiger partial charge in [0.05, 0.1) is 19.3 Å². The van der Waals surface area contributed by atoms with Crippen molar-refractivity contribution in [2.75, 3.05) is 19.0 Å². The zero-order chi connectivity index (χ0) is 22.5. The number of aliphatic imine (C=N–C) groups is 1. The maximum Gasteiger partial charge on any atom is 0.259 e. The molecule has 0 aliphatic heterocycles. The Balaban J connectivity index is 1.73. The highest BCUT2D eigenvalue weighted by Crippen LogP contribution is 2.41. The van der Waals surface area contributed by atoms with Crippen LogP contribution in [0.15, 0.2) is 51.9 Å². The lowest BCUT2D eigenvalue weighted by molar-refractivity contribution is 0.102. The molecule has 5 nitrogen and oxygen atoms in total. The van der Waals surface area contributed by atoms with Gasteiger partial charge in [0.2, 0.25) is 0 Å². The summed E-state index contributed by atoms with van der Waals surface area (Å²) >= 11 is 5.14. The number of ether oxygens (including phenoxy) is 2. The van der Waals surface area contributed by atoms with Gasteiger partial charge in [0, 0.05) is 26.8 Å². The number of anilines is 1. The number of aryl methyl sites for hydroxylation is 1. The van der Waals surface area contributed by atoms with Crippen LogP contribution in [0.2, 0.25) is 0 Å². The van der Waals surface area contributed by atoms with Crippen molar-refractivity contribution in [2.45, 2.75) is 32.6 Å². The minimum absolute atomic E-state index is 0.111. The lowest BCUT2D eigenvalue weighted by Crippen LogP contribution is -2.14. The summed E-state index contributed by atoms with van der Waals surface area (Å²) in [7, 11) is 1.62. The van der Waals surface area contributed by atoms with E-state index in [1.807, 2.05) is 49.4 Å². The molecule has 1 amide bonds. The van der Waals surface area contributed by atoms with E-state index in [1.54, 1.807) is 24.7 Å². The summed E-state index contributed by atoms with van der Waals surface area (Å²) in [5.74, 6) is 1.16. The van der Waals surface area contributed by atoms with Crippen LogP contribution in [0.25, 0.3) is 0 Å². The second kappa shape index (κ2) is 10.3. The van der Waals surface area contributed by atoms with Crippen LogP contribution >= 0.6 is 27.3 Å². The topological polar surface area (TPSA) is 59.9 Å². The summed E-state index contributed by atoms with van der Waals surface area (Å²) < 4.78 is 12.2. The van der Waals surface area contributed by atoms with E-state index >= 15 is 0 Å². The van der Waals surface area contributed by atoms with Crippen molar-refractivity contribution in [2.24, 2.45) is 4.99 Å². The van der Waals surface area contributed by atoms with Gasteiger partial charge < -0.3 is 14.8 Å². The first-order valence-electron chi connectivity index (χ1n) is 10.7. The lowest BCUT2D eigenvalue weighted by atomic mass is 9.95. The van der Waals surface area contributed by atoms with E-state index in [9.17, 15) is 4.79 Å². The highest BCUT2D eigenvalue weighted by atomic mass is 79.9. The van der Waals surface area contributed by atoms with Gasteiger partial charge in [0.25, 0.3) is 5.91 Å². The largest absolute Gasteiger partial charge is 0.493 e. The van der Waals surface area contributed by atoms with Crippen molar-refractivity contribution < 1.29 is 14.3 Å². The fourth-order valence-corrected chi connectivity index (χ4v) is 5.54. The first-order chi connectivity index (χ1) is 15.6. The van der Waals surface area contributed by atoms with Crippen LogP contribution in [0.4, 0.5) is 10.7 Å². The fraction of sp³-hybridized carbons (Fsp3) is 0.280. The molecule has 7 heteroatoms. The van der Waals surface area contributed by atoms with Crippen LogP contribution in [-0.2, 0) is 12.8 Å².